The van der Waals surface area contributed by atoms with E-state index in [1.807, 2.05) is 6.92 Å². The molecule has 1 saturated heterocycles. The van der Waals surface area contributed by atoms with Crippen LogP contribution in [0.25, 0.3) is 0 Å². The van der Waals surface area contributed by atoms with Crippen LogP contribution in [0.3, 0.4) is 0 Å². The maximum Gasteiger partial charge on any atom is 0.417 e. The van der Waals surface area contributed by atoms with Crippen LogP contribution in [0.4, 0.5) is 13.2 Å². The Morgan fingerprint density at radius 3 is 2.65 bits per heavy atom. The first kappa shape index (κ1) is 15.2. The monoisotopic (exact) mass is 304 g/mol. The number of halogens is 3. The molecule has 0 aliphatic carbocycles. The molecule has 0 spiro atoms. The van der Waals surface area contributed by atoms with E-state index in [1.54, 1.807) is 6.07 Å². The average molecular weight is 304 g/mol. The molecule has 2 rings (SSSR count). The lowest BCUT2D eigenvalue weighted by molar-refractivity contribution is -0.137. The van der Waals surface area contributed by atoms with Crippen LogP contribution in [0.2, 0.25) is 0 Å². The molecule has 3 nitrogen and oxygen atoms in total. The van der Waals surface area contributed by atoms with Crippen LogP contribution in [0.15, 0.2) is 23.1 Å². The van der Waals surface area contributed by atoms with Gasteiger partial charge in [-0.1, -0.05) is 0 Å². The minimum atomic E-state index is -4.52. The summed E-state index contributed by atoms with van der Waals surface area (Å²) in [6.45, 7) is 2.55. The Bertz CT molecular complexity index is 519. The van der Waals surface area contributed by atoms with Gasteiger partial charge in [0.1, 0.15) is 5.84 Å². The number of nitrogens with two attached hydrogens (primary N) is 1. The number of hydrogen-bond acceptors (Lipinski definition) is 3. The molecule has 0 radical (unpaired) electrons. The quantitative estimate of drug-likeness (QED) is 0.665. The zero-order valence-corrected chi connectivity index (χ0v) is 11.6. The molecule has 1 aliphatic heterocycles. The number of thioether (sulfide) groups is 1. The van der Waals surface area contributed by atoms with Crippen LogP contribution in [0.5, 0.6) is 0 Å². The van der Waals surface area contributed by atoms with Gasteiger partial charge in [-0.25, -0.2) is 0 Å². The Labute approximate surface area is 119 Å². The summed E-state index contributed by atoms with van der Waals surface area (Å²) in [4.78, 5) is 0.518. The predicted molar refractivity (Wildman–Crippen MR) is 72.1 cm³/mol. The first-order valence-corrected chi connectivity index (χ1v) is 7.01. The number of nitrogen functional groups attached to an aromatic ring is 1. The summed E-state index contributed by atoms with van der Waals surface area (Å²) < 4.78 is 44.4. The lowest BCUT2D eigenvalue weighted by Gasteiger charge is -2.16. The van der Waals surface area contributed by atoms with Gasteiger partial charge in [-0.3, -0.25) is 5.41 Å². The normalized spacial score (nSPS) is 23.0. The highest BCUT2D eigenvalue weighted by molar-refractivity contribution is 8.00. The third-order valence-electron chi connectivity index (χ3n) is 3.18. The van der Waals surface area contributed by atoms with Crippen LogP contribution in [0, 0.1) is 5.41 Å². The third-order valence-corrected chi connectivity index (χ3v) is 4.63. The summed E-state index contributed by atoms with van der Waals surface area (Å²) in [6, 6.07) is 3.89. The molecule has 1 aliphatic rings. The van der Waals surface area contributed by atoms with E-state index in [4.69, 9.17) is 15.9 Å². The first-order valence-electron chi connectivity index (χ1n) is 6.13. The summed E-state index contributed by atoms with van der Waals surface area (Å²) in [5.74, 6) is -0.577. The summed E-state index contributed by atoms with van der Waals surface area (Å²) >= 11 is 1.37. The summed E-state index contributed by atoms with van der Waals surface area (Å²) in [7, 11) is 0. The summed E-state index contributed by atoms with van der Waals surface area (Å²) in [6.07, 6.45) is -3.67. The number of rotatable bonds is 3. The molecule has 1 fully saturated rings. The Morgan fingerprint density at radius 2 is 2.15 bits per heavy atom. The number of hydrogen-bond donors (Lipinski definition) is 2. The maximum absolute atomic E-state index is 13.0. The van der Waals surface area contributed by atoms with Crippen molar-refractivity contribution in [2.24, 2.45) is 5.73 Å². The van der Waals surface area contributed by atoms with Gasteiger partial charge >= 0.3 is 6.18 Å². The van der Waals surface area contributed by atoms with E-state index in [1.165, 1.54) is 17.8 Å². The lowest BCUT2D eigenvalue weighted by Crippen LogP contribution is -2.19. The van der Waals surface area contributed by atoms with Crippen molar-refractivity contribution in [2.45, 2.75) is 35.8 Å². The van der Waals surface area contributed by atoms with Crippen LogP contribution in [0.1, 0.15) is 24.5 Å². The van der Waals surface area contributed by atoms with E-state index in [2.05, 4.69) is 0 Å². The second-order valence-electron chi connectivity index (χ2n) is 4.64. The van der Waals surface area contributed by atoms with Gasteiger partial charge < -0.3 is 10.5 Å². The Kier molecular flexibility index (Phi) is 4.29. The SMILES string of the molecule is CC1OCCC1Sc1ccc(C(=N)N)c(C(F)(F)F)c1. The van der Waals surface area contributed by atoms with E-state index >= 15 is 0 Å². The van der Waals surface area contributed by atoms with Gasteiger partial charge in [0.15, 0.2) is 0 Å². The van der Waals surface area contributed by atoms with Crippen LogP contribution in [-0.4, -0.2) is 23.8 Å². The van der Waals surface area contributed by atoms with Gasteiger partial charge in [0.2, 0.25) is 0 Å². The standard InChI is InChI=1S/C13H15F3N2OS/c1-7-11(4-5-19-7)20-8-2-3-9(12(17)18)10(6-8)13(14,15)16/h2-3,6-7,11H,4-5H2,1H3,(H3,17,18). The number of amidine groups is 1. The smallest absolute Gasteiger partial charge is 0.384 e. The second-order valence-corrected chi connectivity index (χ2v) is 5.95. The molecule has 0 aromatic heterocycles. The van der Waals surface area contributed by atoms with E-state index in [0.29, 0.717) is 11.5 Å². The molecule has 3 N–H and O–H groups in total. The average Bonchev–Trinajstić information content (AvgIpc) is 2.73. The van der Waals surface area contributed by atoms with Gasteiger partial charge in [0, 0.05) is 22.3 Å². The van der Waals surface area contributed by atoms with Crippen molar-refractivity contribution in [1.29, 1.82) is 5.41 Å². The molecule has 0 saturated carbocycles. The van der Waals surface area contributed by atoms with Crippen LogP contribution >= 0.6 is 11.8 Å². The highest BCUT2D eigenvalue weighted by Gasteiger charge is 2.35. The number of benzene rings is 1. The molecule has 1 aromatic rings. The fraction of sp³-hybridized carbons (Fsp3) is 0.462. The number of alkyl halides is 3. The van der Waals surface area contributed by atoms with Gasteiger partial charge in [0.25, 0.3) is 0 Å². The van der Waals surface area contributed by atoms with Gasteiger partial charge in [-0.2, -0.15) is 13.2 Å². The Morgan fingerprint density at radius 1 is 1.45 bits per heavy atom. The van der Waals surface area contributed by atoms with Crippen LogP contribution < -0.4 is 5.73 Å². The van der Waals surface area contributed by atoms with Gasteiger partial charge in [-0.05, 0) is 31.5 Å². The Balaban J connectivity index is 2.30. The van der Waals surface area contributed by atoms with Crippen molar-refractivity contribution in [2.75, 3.05) is 6.61 Å². The third kappa shape index (κ3) is 3.27. The van der Waals surface area contributed by atoms with E-state index in [-0.39, 0.29) is 16.9 Å². The molecule has 1 aromatic carbocycles. The Hall–Kier alpha value is -1.21. The maximum atomic E-state index is 13.0. The molecule has 1 heterocycles. The molecule has 0 amide bonds. The zero-order valence-electron chi connectivity index (χ0n) is 10.8. The summed E-state index contributed by atoms with van der Waals surface area (Å²) in [5, 5.41) is 7.39. The predicted octanol–water partition coefficient (Wildman–Crippen LogP) is 3.26. The fourth-order valence-corrected chi connectivity index (χ4v) is 3.27. The van der Waals surface area contributed by atoms with Crippen molar-refractivity contribution in [1.82, 2.24) is 0 Å². The topological polar surface area (TPSA) is 59.1 Å². The molecule has 2 atom stereocenters. The molecule has 110 valence electrons. The van der Waals surface area contributed by atoms with Crippen molar-refractivity contribution < 1.29 is 17.9 Å². The largest absolute Gasteiger partial charge is 0.417 e. The van der Waals surface area contributed by atoms with Crippen molar-refractivity contribution >= 4 is 17.6 Å². The van der Waals surface area contributed by atoms with Crippen molar-refractivity contribution in [3.63, 3.8) is 0 Å². The molecule has 0 bridgehead atoms. The molecule has 2 unspecified atom stereocenters. The van der Waals surface area contributed by atoms with Crippen molar-refractivity contribution in [3.8, 4) is 0 Å². The molecular weight excluding hydrogens is 289 g/mol. The highest BCUT2D eigenvalue weighted by atomic mass is 32.2. The number of ether oxygens (including phenoxy) is 1. The second kappa shape index (κ2) is 5.65. The molecule has 7 heteroatoms. The van der Waals surface area contributed by atoms with E-state index in [0.717, 1.165) is 12.5 Å². The van der Waals surface area contributed by atoms with Gasteiger partial charge in [-0.15, -0.1) is 11.8 Å². The first-order chi connectivity index (χ1) is 9.29. The minimum absolute atomic E-state index is 0.0295. The lowest BCUT2D eigenvalue weighted by atomic mass is 10.1. The molecule has 20 heavy (non-hydrogen) atoms. The highest BCUT2D eigenvalue weighted by Crippen LogP contribution is 2.38. The summed E-state index contributed by atoms with van der Waals surface area (Å²) in [5.41, 5.74) is 4.06. The van der Waals surface area contributed by atoms with E-state index in [9.17, 15) is 13.2 Å². The van der Waals surface area contributed by atoms with Crippen LogP contribution in [-0.2, 0) is 10.9 Å². The van der Waals surface area contributed by atoms with Crippen molar-refractivity contribution in [3.05, 3.63) is 29.3 Å². The zero-order chi connectivity index (χ0) is 14.9. The van der Waals surface area contributed by atoms with Gasteiger partial charge in [0.05, 0.1) is 11.7 Å². The van der Waals surface area contributed by atoms with E-state index < -0.39 is 17.6 Å². The fourth-order valence-electron chi connectivity index (χ4n) is 2.11. The minimum Gasteiger partial charge on any atom is -0.384 e. The number of nitrogens with one attached hydrogen (secondary N) is 1. The molecular formula is C13H15F3N2OS.